The maximum atomic E-state index is 15.2. The van der Waals surface area contributed by atoms with Gasteiger partial charge in [-0.1, -0.05) is 109 Å². The third-order valence-electron chi connectivity index (χ3n) is 11.5. The van der Waals surface area contributed by atoms with Crippen LogP contribution in [0.2, 0.25) is 0 Å². The number of nitrogens with zero attached hydrogens (tertiary/aromatic N) is 6. The van der Waals surface area contributed by atoms with Crippen molar-refractivity contribution in [1.29, 1.82) is 21.0 Å². The average Bonchev–Trinajstić information content (AvgIpc) is 3.80. The van der Waals surface area contributed by atoms with Crippen molar-refractivity contribution in [2.75, 3.05) is 4.90 Å². The molecule has 0 saturated heterocycles. The van der Waals surface area contributed by atoms with Crippen LogP contribution in [0.4, 0.5) is 5.69 Å². The summed E-state index contributed by atoms with van der Waals surface area (Å²) in [4.78, 5) is 31.1. The second-order valence-electron chi connectivity index (χ2n) is 14.9. The van der Waals surface area contributed by atoms with E-state index in [0.717, 1.165) is 33.0 Å². The molecule has 10 rings (SSSR count). The molecule has 0 saturated carbocycles. The molecule has 1 aliphatic rings. The molecule has 0 bridgehead atoms. The number of carbonyl (C=O) groups is 2. The molecule has 2 amide bonds. The first-order chi connectivity index (χ1) is 30.4. The van der Waals surface area contributed by atoms with E-state index in [0.29, 0.717) is 66.9 Å². The van der Waals surface area contributed by atoms with Gasteiger partial charge in [0.1, 0.15) is 0 Å². The number of rotatable bonds is 6. The molecule has 0 radical (unpaired) electrons. The van der Waals surface area contributed by atoms with Crippen LogP contribution in [-0.2, 0) is 0 Å². The van der Waals surface area contributed by atoms with Gasteiger partial charge < -0.3 is 4.57 Å². The van der Waals surface area contributed by atoms with Crippen LogP contribution in [0.3, 0.4) is 0 Å². The maximum Gasteiger partial charge on any atom is 0.268 e. The summed E-state index contributed by atoms with van der Waals surface area (Å²) in [6, 6.07) is 61.0. The Hall–Kier alpha value is -9.34. The lowest BCUT2D eigenvalue weighted by molar-refractivity contribution is 0.0926. The summed E-state index contributed by atoms with van der Waals surface area (Å²) in [7, 11) is 0. The molecule has 8 heteroatoms. The number of amides is 2. The molecule has 2 heterocycles. The fraction of sp³-hybridized carbons (Fsp3) is 0. The van der Waals surface area contributed by atoms with Crippen molar-refractivity contribution in [3.63, 3.8) is 0 Å². The first-order valence-corrected chi connectivity index (χ1v) is 19.6. The first-order valence-electron chi connectivity index (χ1n) is 19.6. The van der Waals surface area contributed by atoms with Gasteiger partial charge in [-0.3, -0.25) is 9.59 Å². The summed E-state index contributed by atoms with van der Waals surface area (Å²) < 4.78 is 1.97. The highest BCUT2D eigenvalue weighted by atomic mass is 16.2. The Kier molecular flexibility index (Phi) is 8.82. The minimum absolute atomic E-state index is 0.227. The van der Waals surface area contributed by atoms with Crippen molar-refractivity contribution in [3.8, 4) is 74.5 Å². The molecule has 0 aliphatic carbocycles. The van der Waals surface area contributed by atoms with Crippen molar-refractivity contribution in [2.24, 2.45) is 0 Å². The van der Waals surface area contributed by atoms with Gasteiger partial charge in [0.25, 0.3) is 11.8 Å². The van der Waals surface area contributed by atoms with Gasteiger partial charge in [-0.25, -0.2) is 4.90 Å². The Morgan fingerprint density at radius 1 is 0.371 bits per heavy atom. The summed E-state index contributed by atoms with van der Waals surface area (Å²) in [5.74, 6) is -0.934. The van der Waals surface area contributed by atoms with Gasteiger partial charge in [0, 0.05) is 16.3 Å². The van der Waals surface area contributed by atoms with Crippen LogP contribution in [0, 0.1) is 45.3 Å². The largest absolute Gasteiger partial charge is 0.308 e. The van der Waals surface area contributed by atoms with E-state index in [2.05, 4.69) is 24.3 Å². The number of benzene rings is 8. The molecule has 286 valence electrons. The second kappa shape index (κ2) is 14.8. The Balaban J connectivity index is 1.21. The van der Waals surface area contributed by atoms with Gasteiger partial charge in [-0.2, -0.15) is 21.0 Å². The highest BCUT2D eigenvalue weighted by Gasteiger charge is 2.40. The minimum Gasteiger partial charge on any atom is -0.308 e. The number of nitriles is 4. The SMILES string of the molecule is N#Cc1ccc(-c2ccc3c4ccc(-c5ccc(C#N)cc5C#N)cc4n(-c4cccc5c4C(=O)N(c4ccc(-c6ccccc6)cc4-c4ccccc4)C5=O)c3c2)c(C#N)c1. The van der Waals surface area contributed by atoms with Gasteiger partial charge >= 0.3 is 0 Å². The number of hydrogen-bond acceptors (Lipinski definition) is 6. The molecule has 0 fully saturated rings. The number of imide groups is 1. The van der Waals surface area contributed by atoms with E-state index in [1.807, 2.05) is 126 Å². The Morgan fingerprint density at radius 2 is 0.919 bits per heavy atom. The van der Waals surface area contributed by atoms with Gasteiger partial charge in [-0.15, -0.1) is 0 Å². The standard InChI is InChI=1S/C54H28N6O2/c55-29-33-14-19-42(40(24-33)31-57)38-16-21-44-45-22-17-39(43-20-15-34(30-56)25-41(43)32-58)28-51(45)59(50(44)27-38)49-13-7-12-46-52(49)54(62)60(53(46)61)48-23-18-37(35-8-3-1-4-9-35)26-47(48)36-10-5-2-6-11-36/h1-28H. The molecular weight excluding hydrogens is 765 g/mol. The van der Waals surface area contributed by atoms with Gasteiger partial charge in [0.2, 0.25) is 0 Å². The topological polar surface area (TPSA) is 137 Å². The zero-order valence-electron chi connectivity index (χ0n) is 32.7. The zero-order valence-corrected chi connectivity index (χ0v) is 32.7. The molecule has 0 atom stereocenters. The van der Waals surface area contributed by atoms with Crippen molar-refractivity contribution in [3.05, 3.63) is 203 Å². The van der Waals surface area contributed by atoms with E-state index >= 15 is 4.79 Å². The monoisotopic (exact) mass is 792 g/mol. The van der Waals surface area contributed by atoms with Gasteiger partial charge in [-0.05, 0) is 99.6 Å². The number of aromatic nitrogens is 1. The normalized spacial score (nSPS) is 11.8. The third kappa shape index (κ3) is 5.89. The van der Waals surface area contributed by atoms with Crippen LogP contribution in [-0.4, -0.2) is 16.4 Å². The fourth-order valence-corrected chi connectivity index (χ4v) is 8.59. The fourth-order valence-electron chi connectivity index (χ4n) is 8.59. The van der Waals surface area contributed by atoms with Crippen molar-refractivity contribution in [2.45, 2.75) is 0 Å². The summed E-state index contributed by atoms with van der Waals surface area (Å²) >= 11 is 0. The predicted molar refractivity (Wildman–Crippen MR) is 239 cm³/mol. The molecule has 0 unspecified atom stereocenters. The summed E-state index contributed by atoms with van der Waals surface area (Å²) in [6.07, 6.45) is 0. The highest BCUT2D eigenvalue weighted by Crippen LogP contribution is 2.43. The summed E-state index contributed by atoms with van der Waals surface area (Å²) in [5.41, 5.74) is 10.4. The van der Waals surface area contributed by atoms with E-state index in [9.17, 15) is 25.8 Å². The zero-order chi connectivity index (χ0) is 42.5. The molecule has 1 aromatic heterocycles. The highest BCUT2D eigenvalue weighted by molar-refractivity contribution is 6.36. The smallest absolute Gasteiger partial charge is 0.268 e. The number of carbonyl (C=O) groups excluding carboxylic acids is 2. The van der Waals surface area contributed by atoms with Crippen molar-refractivity contribution < 1.29 is 9.59 Å². The van der Waals surface area contributed by atoms with E-state index in [-0.39, 0.29) is 11.1 Å². The number of fused-ring (bicyclic) bond motifs is 4. The van der Waals surface area contributed by atoms with E-state index in [1.54, 1.807) is 48.5 Å². The van der Waals surface area contributed by atoms with Crippen LogP contribution in [0.25, 0.3) is 72.0 Å². The maximum absolute atomic E-state index is 15.2. The Morgan fingerprint density at radius 3 is 1.47 bits per heavy atom. The van der Waals surface area contributed by atoms with Crippen LogP contribution >= 0.6 is 0 Å². The Labute approximate surface area is 355 Å². The van der Waals surface area contributed by atoms with Crippen molar-refractivity contribution in [1.82, 2.24) is 4.57 Å². The molecule has 8 aromatic carbocycles. The van der Waals surface area contributed by atoms with Gasteiger partial charge in [0.15, 0.2) is 0 Å². The number of hydrogen-bond donors (Lipinski definition) is 0. The third-order valence-corrected chi connectivity index (χ3v) is 11.5. The molecule has 0 spiro atoms. The lowest BCUT2D eigenvalue weighted by Crippen LogP contribution is -2.30. The lowest BCUT2D eigenvalue weighted by atomic mass is 9.96. The predicted octanol–water partition coefficient (Wildman–Crippen LogP) is 11.7. The van der Waals surface area contributed by atoms with E-state index < -0.39 is 11.8 Å². The lowest BCUT2D eigenvalue weighted by Gasteiger charge is -2.20. The molecule has 9 aromatic rings. The molecule has 1 aliphatic heterocycles. The minimum atomic E-state index is -0.481. The molecular formula is C54H28N6O2. The summed E-state index contributed by atoms with van der Waals surface area (Å²) in [5, 5.41) is 41.1. The molecule has 8 nitrogen and oxygen atoms in total. The van der Waals surface area contributed by atoms with Crippen molar-refractivity contribution >= 4 is 39.3 Å². The Bertz CT molecular complexity index is 3430. The molecule has 62 heavy (non-hydrogen) atoms. The van der Waals surface area contributed by atoms with E-state index in [1.165, 1.54) is 4.90 Å². The molecule has 0 N–H and O–H groups in total. The second-order valence-corrected chi connectivity index (χ2v) is 14.9. The van der Waals surface area contributed by atoms with E-state index in [4.69, 9.17) is 0 Å². The summed E-state index contributed by atoms with van der Waals surface area (Å²) in [6.45, 7) is 0. The van der Waals surface area contributed by atoms with Crippen LogP contribution in [0.15, 0.2) is 170 Å². The number of anilines is 1. The first kappa shape index (κ1) is 37.0. The van der Waals surface area contributed by atoms with Crippen LogP contribution in [0.1, 0.15) is 43.0 Å². The van der Waals surface area contributed by atoms with Crippen LogP contribution < -0.4 is 4.90 Å². The van der Waals surface area contributed by atoms with Crippen LogP contribution in [0.5, 0.6) is 0 Å². The quantitative estimate of drug-likeness (QED) is 0.154. The van der Waals surface area contributed by atoms with Gasteiger partial charge in [0.05, 0.1) is 80.1 Å². The average molecular weight is 793 g/mol.